The lowest BCUT2D eigenvalue weighted by molar-refractivity contribution is -0.139. The molecular formula is C9H13N3O4. The Morgan fingerprint density at radius 2 is 2.38 bits per heavy atom. The van der Waals surface area contributed by atoms with E-state index in [2.05, 4.69) is 15.8 Å². The van der Waals surface area contributed by atoms with Gasteiger partial charge in [0.25, 0.3) is 0 Å². The summed E-state index contributed by atoms with van der Waals surface area (Å²) >= 11 is 0. The summed E-state index contributed by atoms with van der Waals surface area (Å²) in [6.45, 7) is 1.84. The Bertz CT molecular complexity index is 350. The van der Waals surface area contributed by atoms with Gasteiger partial charge in [-0.15, -0.1) is 0 Å². The number of nitrogens with one attached hydrogen (secondary N) is 2. The van der Waals surface area contributed by atoms with Gasteiger partial charge in [-0.2, -0.15) is 0 Å². The molecule has 0 bridgehead atoms. The highest BCUT2D eigenvalue weighted by atomic mass is 16.5. The molecule has 0 fully saturated rings. The summed E-state index contributed by atoms with van der Waals surface area (Å²) in [6.07, 6.45) is 1.78. The first kappa shape index (κ1) is 12.0. The largest absolute Gasteiger partial charge is 0.480 e. The lowest BCUT2D eigenvalue weighted by Gasteiger charge is -2.12. The van der Waals surface area contributed by atoms with Crippen LogP contribution in [-0.4, -0.2) is 28.3 Å². The molecule has 0 aromatic carbocycles. The zero-order chi connectivity index (χ0) is 12.0. The van der Waals surface area contributed by atoms with Gasteiger partial charge in [0.1, 0.15) is 6.04 Å². The summed E-state index contributed by atoms with van der Waals surface area (Å²) in [7, 11) is 0. The predicted molar refractivity (Wildman–Crippen MR) is 53.6 cm³/mol. The van der Waals surface area contributed by atoms with Crippen LogP contribution in [0.5, 0.6) is 0 Å². The molecule has 0 saturated heterocycles. The van der Waals surface area contributed by atoms with Crippen LogP contribution in [0, 0.1) is 0 Å². The molecule has 2 amide bonds. The molecule has 16 heavy (non-hydrogen) atoms. The van der Waals surface area contributed by atoms with Crippen LogP contribution in [0.2, 0.25) is 0 Å². The Hall–Kier alpha value is -2.05. The normalized spacial score (nSPS) is 11.8. The Labute approximate surface area is 91.8 Å². The van der Waals surface area contributed by atoms with Crippen molar-refractivity contribution in [1.29, 1.82) is 0 Å². The van der Waals surface area contributed by atoms with Crippen molar-refractivity contribution < 1.29 is 19.2 Å². The van der Waals surface area contributed by atoms with Gasteiger partial charge in [-0.3, -0.25) is 0 Å². The van der Waals surface area contributed by atoms with Gasteiger partial charge in [0.2, 0.25) is 0 Å². The van der Waals surface area contributed by atoms with Gasteiger partial charge < -0.3 is 20.3 Å². The summed E-state index contributed by atoms with van der Waals surface area (Å²) in [5.41, 5.74) is 0. The molecular weight excluding hydrogens is 214 g/mol. The van der Waals surface area contributed by atoms with Gasteiger partial charge in [0.15, 0.2) is 5.76 Å². The molecule has 7 heteroatoms. The highest BCUT2D eigenvalue weighted by molar-refractivity contribution is 5.82. The number of carbonyl (C=O) groups excluding carboxylic acids is 1. The molecule has 0 spiro atoms. The maximum absolute atomic E-state index is 11.3. The second-order valence-corrected chi connectivity index (χ2v) is 3.10. The number of hydrogen-bond donors (Lipinski definition) is 3. The molecule has 1 heterocycles. The van der Waals surface area contributed by atoms with Crippen molar-refractivity contribution in [1.82, 2.24) is 15.8 Å². The number of aromatic nitrogens is 1. The first-order valence-corrected chi connectivity index (χ1v) is 4.80. The number of urea groups is 1. The standard InChI is InChI=1S/C9H13N3O4/c1-2-7(8(13)14)12-9(15)10-5-6-3-4-11-16-6/h3-4,7H,2,5H2,1H3,(H,13,14)(H2,10,12,15)/t7-/m1/s1. The highest BCUT2D eigenvalue weighted by Gasteiger charge is 2.17. The number of hydrogen-bond acceptors (Lipinski definition) is 4. The number of carboxylic acids is 1. The first-order valence-electron chi connectivity index (χ1n) is 4.80. The van der Waals surface area contributed by atoms with Crippen molar-refractivity contribution in [2.45, 2.75) is 25.9 Å². The van der Waals surface area contributed by atoms with Gasteiger partial charge in [0.05, 0.1) is 12.7 Å². The highest BCUT2D eigenvalue weighted by Crippen LogP contribution is 1.95. The number of aliphatic carboxylic acids is 1. The maximum atomic E-state index is 11.3. The Kier molecular flexibility index (Phi) is 4.31. The number of rotatable bonds is 5. The number of carbonyl (C=O) groups is 2. The third-order valence-corrected chi connectivity index (χ3v) is 1.93. The van der Waals surface area contributed by atoms with Crippen LogP contribution < -0.4 is 10.6 Å². The van der Waals surface area contributed by atoms with Crippen LogP contribution >= 0.6 is 0 Å². The molecule has 1 rings (SSSR count). The fourth-order valence-electron chi connectivity index (χ4n) is 1.05. The van der Waals surface area contributed by atoms with E-state index in [9.17, 15) is 9.59 Å². The lowest BCUT2D eigenvalue weighted by Crippen LogP contribution is -2.45. The number of carboxylic acid groups (broad SMARTS) is 1. The fraction of sp³-hybridized carbons (Fsp3) is 0.444. The van der Waals surface area contributed by atoms with Crippen molar-refractivity contribution in [2.24, 2.45) is 0 Å². The number of nitrogens with zero attached hydrogens (tertiary/aromatic N) is 1. The first-order chi connectivity index (χ1) is 7.63. The quantitative estimate of drug-likeness (QED) is 0.672. The fourth-order valence-corrected chi connectivity index (χ4v) is 1.05. The molecule has 1 aromatic heterocycles. The van der Waals surface area contributed by atoms with Gasteiger partial charge in [-0.25, -0.2) is 9.59 Å². The number of amides is 2. The average Bonchev–Trinajstić information content (AvgIpc) is 2.75. The van der Waals surface area contributed by atoms with Crippen molar-refractivity contribution >= 4 is 12.0 Å². The van der Waals surface area contributed by atoms with Crippen LogP contribution in [-0.2, 0) is 11.3 Å². The second-order valence-electron chi connectivity index (χ2n) is 3.10. The third kappa shape index (κ3) is 3.60. The van der Waals surface area contributed by atoms with Crippen LogP contribution in [0.3, 0.4) is 0 Å². The van der Waals surface area contributed by atoms with Gasteiger partial charge >= 0.3 is 12.0 Å². The molecule has 0 radical (unpaired) electrons. The van der Waals surface area contributed by atoms with Crippen LogP contribution in [0.1, 0.15) is 19.1 Å². The molecule has 88 valence electrons. The van der Waals surface area contributed by atoms with E-state index in [0.717, 1.165) is 0 Å². The molecule has 1 atom stereocenters. The monoisotopic (exact) mass is 227 g/mol. The summed E-state index contributed by atoms with van der Waals surface area (Å²) < 4.78 is 4.75. The zero-order valence-corrected chi connectivity index (χ0v) is 8.77. The van der Waals surface area contributed by atoms with Crippen molar-refractivity contribution in [3.05, 3.63) is 18.0 Å². The molecule has 0 aliphatic heterocycles. The zero-order valence-electron chi connectivity index (χ0n) is 8.77. The molecule has 0 aliphatic rings. The Balaban J connectivity index is 2.33. The summed E-state index contributed by atoms with van der Waals surface area (Å²) in [4.78, 5) is 21.9. The molecule has 0 unspecified atom stereocenters. The van der Waals surface area contributed by atoms with E-state index in [1.165, 1.54) is 6.20 Å². The maximum Gasteiger partial charge on any atom is 0.326 e. The van der Waals surface area contributed by atoms with Crippen molar-refractivity contribution in [3.63, 3.8) is 0 Å². The minimum Gasteiger partial charge on any atom is -0.480 e. The SMILES string of the molecule is CC[C@@H](NC(=O)NCc1ccno1)C(=O)O. The predicted octanol–water partition coefficient (Wildman–Crippen LogP) is 0.337. The van der Waals surface area contributed by atoms with E-state index in [0.29, 0.717) is 12.2 Å². The van der Waals surface area contributed by atoms with E-state index in [4.69, 9.17) is 9.63 Å². The van der Waals surface area contributed by atoms with Crippen LogP contribution in [0.15, 0.2) is 16.8 Å². The third-order valence-electron chi connectivity index (χ3n) is 1.93. The topological polar surface area (TPSA) is 104 Å². The molecule has 7 nitrogen and oxygen atoms in total. The van der Waals surface area contributed by atoms with Crippen LogP contribution in [0.25, 0.3) is 0 Å². The second kappa shape index (κ2) is 5.74. The van der Waals surface area contributed by atoms with Crippen molar-refractivity contribution in [2.75, 3.05) is 0 Å². The molecule has 0 saturated carbocycles. The summed E-state index contributed by atoms with van der Waals surface area (Å²) in [6, 6.07) is 0.176. The minimum absolute atomic E-state index is 0.169. The summed E-state index contributed by atoms with van der Waals surface area (Å²) in [5.74, 6) is -0.559. The van der Waals surface area contributed by atoms with Gasteiger partial charge in [-0.05, 0) is 6.42 Å². The van der Waals surface area contributed by atoms with Gasteiger partial charge in [0, 0.05) is 6.07 Å². The average molecular weight is 227 g/mol. The molecule has 3 N–H and O–H groups in total. The minimum atomic E-state index is -1.06. The lowest BCUT2D eigenvalue weighted by atomic mass is 10.2. The van der Waals surface area contributed by atoms with E-state index in [-0.39, 0.29) is 6.54 Å². The summed E-state index contributed by atoms with van der Waals surface area (Å²) in [5, 5.41) is 16.9. The Morgan fingerprint density at radius 3 is 2.88 bits per heavy atom. The van der Waals surface area contributed by atoms with E-state index in [1.54, 1.807) is 13.0 Å². The smallest absolute Gasteiger partial charge is 0.326 e. The molecule has 1 aromatic rings. The van der Waals surface area contributed by atoms with E-state index >= 15 is 0 Å². The van der Waals surface area contributed by atoms with E-state index < -0.39 is 18.0 Å². The van der Waals surface area contributed by atoms with Gasteiger partial charge in [-0.1, -0.05) is 12.1 Å². The van der Waals surface area contributed by atoms with Crippen LogP contribution in [0.4, 0.5) is 4.79 Å². The Morgan fingerprint density at radius 1 is 1.62 bits per heavy atom. The molecule has 0 aliphatic carbocycles. The van der Waals surface area contributed by atoms with Crippen molar-refractivity contribution in [3.8, 4) is 0 Å². The van der Waals surface area contributed by atoms with E-state index in [1.807, 2.05) is 0 Å².